The molecule has 0 aromatic heterocycles. The number of quaternary nitrogens is 1. The van der Waals surface area contributed by atoms with E-state index in [2.05, 4.69) is 0 Å². The molecule has 1 saturated heterocycles. The van der Waals surface area contributed by atoms with Gasteiger partial charge in [0.1, 0.15) is 0 Å². The van der Waals surface area contributed by atoms with Gasteiger partial charge >= 0.3 is 5.97 Å². The summed E-state index contributed by atoms with van der Waals surface area (Å²) in [7, 11) is 0. The van der Waals surface area contributed by atoms with E-state index < -0.39 is 12.0 Å². The van der Waals surface area contributed by atoms with Gasteiger partial charge in [-0.25, -0.2) is 9.69 Å². The van der Waals surface area contributed by atoms with Crippen LogP contribution in [0.4, 0.5) is 5.69 Å². The van der Waals surface area contributed by atoms with Gasteiger partial charge in [-0.15, -0.1) is 0 Å². The molecule has 0 aliphatic carbocycles. The molecular formula is C21H23N2O4+. The minimum atomic E-state index is -0.421. The molecule has 6 nitrogen and oxygen atoms in total. The third-order valence-electron chi connectivity index (χ3n) is 4.55. The van der Waals surface area contributed by atoms with Crippen LogP contribution in [-0.4, -0.2) is 37.0 Å². The number of esters is 1. The Kier molecular flexibility index (Phi) is 5.98. The Morgan fingerprint density at radius 1 is 1.11 bits per heavy atom. The van der Waals surface area contributed by atoms with Gasteiger partial charge in [0, 0.05) is 6.42 Å². The van der Waals surface area contributed by atoms with E-state index in [1.807, 2.05) is 35.6 Å². The summed E-state index contributed by atoms with van der Waals surface area (Å²) in [5.74, 6) is -0.850. The number of nitrogens with zero attached hydrogens (tertiary/aromatic N) is 1. The van der Waals surface area contributed by atoms with Crippen LogP contribution in [0, 0.1) is 0 Å². The number of carbonyl (C=O) groups is 3. The fraction of sp³-hybridized carbons (Fsp3) is 0.286. The van der Waals surface area contributed by atoms with Crippen LogP contribution in [0.2, 0.25) is 0 Å². The number of amides is 2. The predicted molar refractivity (Wildman–Crippen MR) is 100 cm³/mol. The molecule has 2 amide bonds. The second-order valence-corrected chi connectivity index (χ2v) is 6.41. The minimum absolute atomic E-state index is 0.188. The zero-order chi connectivity index (χ0) is 19.2. The van der Waals surface area contributed by atoms with Crippen molar-refractivity contribution in [2.75, 3.05) is 18.1 Å². The lowest BCUT2D eigenvalue weighted by Gasteiger charge is -2.14. The Hall–Kier alpha value is -2.99. The first-order chi connectivity index (χ1) is 13.1. The molecule has 2 aromatic rings. The van der Waals surface area contributed by atoms with Gasteiger partial charge in [0.05, 0.1) is 30.8 Å². The molecule has 0 unspecified atom stereocenters. The summed E-state index contributed by atoms with van der Waals surface area (Å²) in [6.45, 7) is 2.77. The minimum Gasteiger partial charge on any atom is -0.462 e. The van der Waals surface area contributed by atoms with Crippen LogP contribution in [-0.2, 0) is 20.7 Å². The third kappa shape index (κ3) is 4.41. The lowest BCUT2D eigenvalue weighted by atomic mass is 10.1. The van der Waals surface area contributed by atoms with Crippen LogP contribution in [0.5, 0.6) is 0 Å². The SMILES string of the molecule is CCOC(=O)c1ccc(N2C(=O)C[C@H]([NH2+]CCc3ccccc3)C2=O)cc1. The van der Waals surface area contributed by atoms with Gasteiger partial charge < -0.3 is 10.1 Å². The highest BCUT2D eigenvalue weighted by atomic mass is 16.5. The van der Waals surface area contributed by atoms with E-state index in [1.54, 1.807) is 31.2 Å². The van der Waals surface area contributed by atoms with E-state index in [0.29, 0.717) is 17.9 Å². The molecule has 0 radical (unpaired) electrons. The molecule has 1 heterocycles. The van der Waals surface area contributed by atoms with Gasteiger partial charge in [0.25, 0.3) is 5.91 Å². The van der Waals surface area contributed by atoms with E-state index in [9.17, 15) is 14.4 Å². The third-order valence-corrected chi connectivity index (χ3v) is 4.55. The molecule has 0 saturated carbocycles. The highest BCUT2D eigenvalue weighted by molar-refractivity contribution is 6.21. The van der Waals surface area contributed by atoms with Crippen molar-refractivity contribution in [3.63, 3.8) is 0 Å². The number of benzene rings is 2. The van der Waals surface area contributed by atoms with E-state index in [1.165, 1.54) is 10.5 Å². The second kappa shape index (κ2) is 8.60. The number of ether oxygens (including phenoxy) is 1. The summed E-state index contributed by atoms with van der Waals surface area (Å²) in [4.78, 5) is 37.9. The van der Waals surface area contributed by atoms with Crippen LogP contribution >= 0.6 is 0 Å². The number of hydrogen-bond acceptors (Lipinski definition) is 4. The zero-order valence-electron chi connectivity index (χ0n) is 15.3. The maximum absolute atomic E-state index is 12.7. The smallest absolute Gasteiger partial charge is 0.338 e. The van der Waals surface area contributed by atoms with E-state index in [4.69, 9.17) is 4.74 Å². The van der Waals surface area contributed by atoms with E-state index >= 15 is 0 Å². The van der Waals surface area contributed by atoms with Gasteiger partial charge in [0.2, 0.25) is 5.91 Å². The Labute approximate surface area is 158 Å². The van der Waals surface area contributed by atoms with E-state index in [-0.39, 0.29) is 18.2 Å². The number of imide groups is 1. The fourth-order valence-corrected chi connectivity index (χ4v) is 3.17. The molecule has 0 bridgehead atoms. The summed E-state index contributed by atoms with van der Waals surface area (Å²) < 4.78 is 4.94. The molecular weight excluding hydrogens is 344 g/mol. The first kappa shape index (κ1) is 18.8. The largest absolute Gasteiger partial charge is 0.462 e. The van der Waals surface area contributed by atoms with Crippen molar-refractivity contribution in [2.24, 2.45) is 0 Å². The first-order valence-electron chi connectivity index (χ1n) is 9.11. The molecule has 1 fully saturated rings. The highest BCUT2D eigenvalue weighted by Crippen LogP contribution is 2.22. The van der Waals surface area contributed by atoms with Crippen molar-refractivity contribution in [3.8, 4) is 0 Å². The first-order valence-corrected chi connectivity index (χ1v) is 9.11. The average Bonchev–Trinajstić information content (AvgIpc) is 2.96. The number of carbonyl (C=O) groups excluding carboxylic acids is 3. The molecule has 6 heteroatoms. The Balaban J connectivity index is 1.61. The summed E-state index contributed by atoms with van der Waals surface area (Å²) >= 11 is 0. The van der Waals surface area contributed by atoms with Crippen molar-refractivity contribution < 1.29 is 24.4 Å². The fourth-order valence-electron chi connectivity index (χ4n) is 3.17. The standard InChI is InChI=1S/C21H22N2O4/c1-2-27-21(26)16-8-10-17(11-9-16)23-19(24)14-18(20(23)25)22-13-12-15-6-4-3-5-7-15/h3-11,18,22H,2,12-14H2,1H3/p+1/t18-/m0/s1. The van der Waals surface area contributed by atoms with Crippen molar-refractivity contribution >= 4 is 23.5 Å². The van der Waals surface area contributed by atoms with Crippen molar-refractivity contribution in [2.45, 2.75) is 25.8 Å². The number of rotatable bonds is 7. The van der Waals surface area contributed by atoms with Crippen molar-refractivity contribution in [3.05, 3.63) is 65.7 Å². The van der Waals surface area contributed by atoms with Crippen LogP contribution in [0.15, 0.2) is 54.6 Å². The zero-order valence-corrected chi connectivity index (χ0v) is 15.3. The predicted octanol–water partition coefficient (Wildman–Crippen LogP) is 1.30. The van der Waals surface area contributed by atoms with Crippen LogP contribution in [0.25, 0.3) is 0 Å². The molecule has 1 aliphatic rings. The number of anilines is 1. The van der Waals surface area contributed by atoms with Gasteiger partial charge in [0.15, 0.2) is 6.04 Å². The Morgan fingerprint density at radius 3 is 2.48 bits per heavy atom. The molecule has 3 rings (SSSR count). The molecule has 140 valence electrons. The molecule has 27 heavy (non-hydrogen) atoms. The van der Waals surface area contributed by atoms with Crippen molar-refractivity contribution in [1.29, 1.82) is 0 Å². The van der Waals surface area contributed by atoms with Crippen LogP contribution in [0.1, 0.15) is 29.3 Å². The molecule has 1 atom stereocenters. The Bertz CT molecular complexity index is 818. The number of nitrogens with two attached hydrogens (primary N) is 1. The quantitative estimate of drug-likeness (QED) is 0.591. The molecule has 0 spiro atoms. The summed E-state index contributed by atoms with van der Waals surface area (Å²) in [6.07, 6.45) is 1.03. The summed E-state index contributed by atoms with van der Waals surface area (Å²) in [5, 5.41) is 1.93. The average molecular weight is 367 g/mol. The highest BCUT2D eigenvalue weighted by Gasteiger charge is 2.42. The van der Waals surface area contributed by atoms with Gasteiger partial charge in [-0.2, -0.15) is 0 Å². The summed E-state index contributed by atoms with van der Waals surface area (Å²) in [5.41, 5.74) is 2.08. The van der Waals surface area contributed by atoms with Crippen LogP contribution < -0.4 is 10.2 Å². The van der Waals surface area contributed by atoms with Crippen molar-refractivity contribution in [1.82, 2.24) is 0 Å². The maximum atomic E-state index is 12.7. The van der Waals surface area contributed by atoms with Crippen LogP contribution in [0.3, 0.4) is 0 Å². The van der Waals surface area contributed by atoms with E-state index in [0.717, 1.165) is 13.0 Å². The molecule has 1 aliphatic heterocycles. The van der Waals surface area contributed by atoms with Gasteiger partial charge in [-0.3, -0.25) is 9.59 Å². The topological polar surface area (TPSA) is 80.3 Å². The lowest BCUT2D eigenvalue weighted by molar-refractivity contribution is -0.674. The van der Waals surface area contributed by atoms with Gasteiger partial charge in [-0.05, 0) is 36.8 Å². The maximum Gasteiger partial charge on any atom is 0.338 e. The lowest BCUT2D eigenvalue weighted by Crippen LogP contribution is -2.92. The number of hydrogen-bond donors (Lipinski definition) is 1. The normalized spacial score (nSPS) is 16.6. The summed E-state index contributed by atoms with van der Waals surface area (Å²) in [6, 6.07) is 16.0. The molecule has 2 aromatic carbocycles. The van der Waals surface area contributed by atoms with Gasteiger partial charge in [-0.1, -0.05) is 30.3 Å². The second-order valence-electron chi connectivity index (χ2n) is 6.41. The Morgan fingerprint density at radius 2 is 1.81 bits per heavy atom. The molecule has 2 N–H and O–H groups in total. The monoisotopic (exact) mass is 367 g/mol.